The number of alkyl halides is 2. The van der Waals surface area contributed by atoms with Crippen LogP contribution in [-0.2, 0) is 0 Å². The molecule has 0 aliphatic heterocycles. The lowest BCUT2D eigenvalue weighted by molar-refractivity contribution is -0.386. The molecule has 0 bridgehead atoms. The van der Waals surface area contributed by atoms with Crippen LogP contribution in [0.15, 0.2) is 22.7 Å². The number of nitro groups is 1. The summed E-state index contributed by atoms with van der Waals surface area (Å²) in [6.07, 6.45) is 2.89. The third kappa shape index (κ3) is 4.06. The number of aromatic nitrogens is 1. The van der Waals surface area contributed by atoms with E-state index in [1.54, 1.807) is 6.92 Å². The molecule has 0 fully saturated rings. The van der Waals surface area contributed by atoms with E-state index in [9.17, 15) is 18.9 Å². The molecule has 128 valence electrons. The summed E-state index contributed by atoms with van der Waals surface area (Å²) < 4.78 is 39.2. The van der Waals surface area contributed by atoms with Crippen LogP contribution in [-0.4, -0.2) is 23.3 Å². The van der Waals surface area contributed by atoms with Crippen molar-refractivity contribution in [3.8, 4) is 11.5 Å². The Kier molecular flexibility index (Phi) is 5.46. The zero-order valence-corrected chi connectivity index (χ0v) is 12.9. The minimum Gasteiger partial charge on any atom is -0.490 e. The molecular formula is C15H14F2N2O5. The number of benzene rings is 1. The molecule has 0 saturated heterocycles. The molecule has 0 aliphatic carbocycles. The molecule has 1 aromatic heterocycles. The molecule has 0 atom stereocenters. The smallest absolute Gasteiger partial charge is 0.387 e. The summed E-state index contributed by atoms with van der Waals surface area (Å²) in [5.41, 5.74) is 0.493. The second-order valence-corrected chi connectivity index (χ2v) is 4.59. The van der Waals surface area contributed by atoms with Gasteiger partial charge in [0.25, 0.3) is 0 Å². The van der Waals surface area contributed by atoms with Gasteiger partial charge in [0.05, 0.1) is 11.5 Å². The molecule has 0 spiro atoms. The average molecular weight is 340 g/mol. The van der Waals surface area contributed by atoms with Crippen LogP contribution in [0.3, 0.4) is 0 Å². The zero-order valence-electron chi connectivity index (χ0n) is 12.9. The van der Waals surface area contributed by atoms with Crippen molar-refractivity contribution in [2.45, 2.75) is 20.5 Å². The van der Waals surface area contributed by atoms with Crippen molar-refractivity contribution in [1.29, 1.82) is 0 Å². The van der Waals surface area contributed by atoms with Gasteiger partial charge >= 0.3 is 12.3 Å². The predicted octanol–water partition coefficient (Wildman–Crippen LogP) is 4.06. The summed E-state index contributed by atoms with van der Waals surface area (Å²) in [7, 11) is 0. The molecule has 0 amide bonds. The SMILES string of the molecule is CCOc1cc(C=Cc2onc(C)c2[N+](=O)[O-])ccc1OC(F)F. The fourth-order valence-corrected chi connectivity index (χ4v) is 1.98. The number of halogens is 2. The van der Waals surface area contributed by atoms with E-state index in [-0.39, 0.29) is 35.2 Å². The fourth-order valence-electron chi connectivity index (χ4n) is 1.98. The number of ether oxygens (including phenoxy) is 2. The van der Waals surface area contributed by atoms with Crippen LogP contribution in [0.25, 0.3) is 12.2 Å². The van der Waals surface area contributed by atoms with Gasteiger partial charge in [-0.15, -0.1) is 0 Å². The van der Waals surface area contributed by atoms with Gasteiger partial charge in [0.2, 0.25) is 5.76 Å². The molecule has 1 heterocycles. The van der Waals surface area contributed by atoms with E-state index < -0.39 is 11.5 Å². The van der Waals surface area contributed by atoms with Gasteiger partial charge in [0, 0.05) is 0 Å². The first-order valence-electron chi connectivity index (χ1n) is 6.92. The molecule has 0 radical (unpaired) electrons. The number of hydrogen-bond donors (Lipinski definition) is 0. The van der Waals surface area contributed by atoms with Gasteiger partial charge < -0.3 is 14.0 Å². The van der Waals surface area contributed by atoms with Crippen LogP contribution in [0.1, 0.15) is 23.9 Å². The molecule has 0 saturated carbocycles. The van der Waals surface area contributed by atoms with Crippen molar-refractivity contribution in [2.24, 2.45) is 0 Å². The zero-order chi connectivity index (χ0) is 17.7. The van der Waals surface area contributed by atoms with Crippen molar-refractivity contribution >= 4 is 17.8 Å². The maximum atomic E-state index is 12.4. The van der Waals surface area contributed by atoms with Crippen LogP contribution in [0.5, 0.6) is 11.5 Å². The Hall–Kier alpha value is -2.97. The first-order valence-corrected chi connectivity index (χ1v) is 6.92. The van der Waals surface area contributed by atoms with Crippen LogP contribution in [0.4, 0.5) is 14.5 Å². The Labute approximate surface area is 135 Å². The van der Waals surface area contributed by atoms with Crippen molar-refractivity contribution in [1.82, 2.24) is 5.16 Å². The lowest BCUT2D eigenvalue weighted by atomic mass is 10.1. The fraction of sp³-hybridized carbons (Fsp3) is 0.267. The Morgan fingerprint density at radius 3 is 2.75 bits per heavy atom. The molecular weight excluding hydrogens is 326 g/mol. The quantitative estimate of drug-likeness (QED) is 0.558. The van der Waals surface area contributed by atoms with E-state index in [0.717, 1.165) is 0 Å². The maximum absolute atomic E-state index is 12.4. The summed E-state index contributed by atoms with van der Waals surface area (Å²) in [5.74, 6) is 0.0389. The first-order chi connectivity index (χ1) is 11.4. The van der Waals surface area contributed by atoms with Crippen LogP contribution >= 0.6 is 0 Å². The van der Waals surface area contributed by atoms with Crippen LogP contribution in [0.2, 0.25) is 0 Å². The van der Waals surface area contributed by atoms with Crippen molar-refractivity contribution in [3.63, 3.8) is 0 Å². The number of hydrogen-bond acceptors (Lipinski definition) is 6. The van der Waals surface area contributed by atoms with Crippen molar-refractivity contribution < 1.29 is 27.7 Å². The standard InChI is InChI=1S/C15H14F2N2O5/c1-3-22-13-8-10(4-6-11(13)23-15(16)17)5-7-12-14(19(20)21)9(2)18-24-12/h4-8,15H,3H2,1-2H3. The monoisotopic (exact) mass is 340 g/mol. The van der Waals surface area contributed by atoms with Crippen LogP contribution in [0, 0.1) is 17.0 Å². The maximum Gasteiger partial charge on any atom is 0.387 e. The van der Waals surface area contributed by atoms with E-state index in [4.69, 9.17) is 9.26 Å². The molecule has 2 rings (SSSR count). The van der Waals surface area contributed by atoms with Gasteiger partial charge in [-0.1, -0.05) is 17.3 Å². The van der Waals surface area contributed by atoms with Gasteiger partial charge in [-0.25, -0.2) is 0 Å². The minimum absolute atomic E-state index is 0.0108. The van der Waals surface area contributed by atoms with E-state index in [0.29, 0.717) is 5.56 Å². The van der Waals surface area contributed by atoms with E-state index >= 15 is 0 Å². The third-order valence-corrected chi connectivity index (χ3v) is 2.95. The van der Waals surface area contributed by atoms with Crippen LogP contribution < -0.4 is 9.47 Å². The summed E-state index contributed by atoms with van der Waals surface area (Å²) in [6.45, 7) is 0.461. The highest BCUT2D eigenvalue weighted by Gasteiger charge is 2.22. The summed E-state index contributed by atoms with van der Waals surface area (Å²) in [4.78, 5) is 10.4. The highest BCUT2D eigenvalue weighted by molar-refractivity contribution is 5.72. The van der Waals surface area contributed by atoms with Gasteiger partial charge in [-0.2, -0.15) is 8.78 Å². The van der Waals surface area contributed by atoms with Gasteiger partial charge in [0.15, 0.2) is 17.2 Å². The third-order valence-electron chi connectivity index (χ3n) is 2.95. The number of nitrogens with zero attached hydrogens (tertiary/aromatic N) is 2. The number of rotatable bonds is 7. The molecule has 0 unspecified atom stereocenters. The lowest BCUT2D eigenvalue weighted by Gasteiger charge is -2.11. The normalized spacial score (nSPS) is 11.2. The Balaban J connectivity index is 2.29. The van der Waals surface area contributed by atoms with E-state index in [1.807, 2.05) is 0 Å². The predicted molar refractivity (Wildman–Crippen MR) is 81.1 cm³/mol. The highest BCUT2D eigenvalue weighted by Crippen LogP contribution is 2.31. The van der Waals surface area contributed by atoms with Crippen molar-refractivity contribution in [3.05, 3.63) is 45.3 Å². The second kappa shape index (κ2) is 7.53. The summed E-state index contributed by atoms with van der Waals surface area (Å²) >= 11 is 0. The molecule has 0 aliphatic rings. The molecule has 24 heavy (non-hydrogen) atoms. The van der Waals surface area contributed by atoms with Gasteiger partial charge in [0.1, 0.15) is 0 Å². The van der Waals surface area contributed by atoms with E-state index in [1.165, 1.54) is 37.3 Å². The topological polar surface area (TPSA) is 87.6 Å². The minimum atomic E-state index is -2.97. The average Bonchev–Trinajstić information content (AvgIpc) is 2.88. The molecule has 2 aromatic rings. The number of aryl methyl sites for hydroxylation is 1. The first kappa shape index (κ1) is 17.4. The molecule has 0 N–H and O–H groups in total. The Morgan fingerprint density at radius 1 is 1.38 bits per heavy atom. The summed E-state index contributed by atoms with van der Waals surface area (Å²) in [5, 5.41) is 14.5. The largest absolute Gasteiger partial charge is 0.490 e. The van der Waals surface area contributed by atoms with Gasteiger partial charge in [-0.05, 0) is 37.6 Å². The Bertz CT molecular complexity index is 758. The van der Waals surface area contributed by atoms with Gasteiger partial charge in [-0.3, -0.25) is 10.1 Å². The summed E-state index contributed by atoms with van der Waals surface area (Å²) in [6, 6.07) is 4.31. The molecule has 7 nitrogen and oxygen atoms in total. The lowest BCUT2D eigenvalue weighted by Crippen LogP contribution is -2.04. The van der Waals surface area contributed by atoms with E-state index in [2.05, 4.69) is 9.89 Å². The molecule has 9 heteroatoms. The highest BCUT2D eigenvalue weighted by atomic mass is 19.3. The Morgan fingerprint density at radius 2 is 2.12 bits per heavy atom. The van der Waals surface area contributed by atoms with Crippen molar-refractivity contribution in [2.75, 3.05) is 6.61 Å². The molecule has 1 aromatic carbocycles. The second-order valence-electron chi connectivity index (χ2n) is 4.59.